The molecule has 4 rings (SSSR count). The van der Waals surface area contributed by atoms with Gasteiger partial charge in [0.1, 0.15) is 11.5 Å². The summed E-state index contributed by atoms with van der Waals surface area (Å²) in [7, 11) is 1.64. The molecule has 29 heavy (non-hydrogen) atoms. The van der Waals surface area contributed by atoms with Crippen LogP contribution in [0.25, 0.3) is 16.6 Å². The van der Waals surface area contributed by atoms with Gasteiger partial charge in [-0.15, -0.1) is 0 Å². The number of carbonyl (C=O) groups is 1. The summed E-state index contributed by atoms with van der Waals surface area (Å²) in [6.07, 6.45) is 2.34. The predicted molar refractivity (Wildman–Crippen MR) is 118 cm³/mol. The molecular weight excluding hydrogens is 432 g/mol. The summed E-state index contributed by atoms with van der Waals surface area (Å²) in [5.74, 6) is 1.01. The Hall–Kier alpha value is -2.31. The van der Waals surface area contributed by atoms with E-state index in [1.807, 2.05) is 37.3 Å². The lowest BCUT2D eigenvalue weighted by Gasteiger charge is -2.18. The van der Waals surface area contributed by atoms with Gasteiger partial charge in [0.05, 0.1) is 17.1 Å². The maximum atomic E-state index is 12.7. The fourth-order valence-electron chi connectivity index (χ4n) is 4.42. The molecule has 0 unspecified atom stereocenters. The Bertz CT molecular complexity index is 1080. The molecule has 0 atom stereocenters. The zero-order chi connectivity index (χ0) is 20.7. The van der Waals surface area contributed by atoms with Crippen molar-refractivity contribution in [1.82, 2.24) is 9.47 Å². The average Bonchev–Trinajstić information content (AvgIpc) is 3.31. The summed E-state index contributed by atoms with van der Waals surface area (Å²) in [6, 6.07) is 9.69. The van der Waals surface area contributed by atoms with Crippen molar-refractivity contribution in [2.24, 2.45) is 0 Å². The molecule has 1 aliphatic heterocycles. The van der Waals surface area contributed by atoms with Crippen molar-refractivity contribution in [2.45, 2.75) is 33.2 Å². The molecule has 0 amide bonds. The van der Waals surface area contributed by atoms with E-state index in [9.17, 15) is 9.90 Å². The van der Waals surface area contributed by atoms with E-state index in [4.69, 9.17) is 4.74 Å². The molecule has 0 radical (unpaired) electrons. The molecule has 2 heterocycles. The number of fused-ring (bicyclic) bond motifs is 1. The molecule has 0 saturated carbocycles. The Kier molecular flexibility index (Phi) is 5.40. The maximum absolute atomic E-state index is 12.7. The number of hydrogen-bond acceptors (Lipinski definition) is 4. The number of ketones is 1. The highest BCUT2D eigenvalue weighted by Crippen LogP contribution is 2.41. The number of aromatic hydroxyl groups is 1. The van der Waals surface area contributed by atoms with E-state index in [1.54, 1.807) is 14.0 Å². The van der Waals surface area contributed by atoms with Crippen molar-refractivity contribution in [2.75, 3.05) is 20.2 Å². The van der Waals surface area contributed by atoms with Crippen LogP contribution in [-0.2, 0) is 6.54 Å². The van der Waals surface area contributed by atoms with Crippen molar-refractivity contribution in [1.29, 1.82) is 0 Å². The van der Waals surface area contributed by atoms with E-state index in [1.165, 1.54) is 12.8 Å². The molecule has 6 heteroatoms. The highest BCUT2D eigenvalue weighted by molar-refractivity contribution is 9.10. The molecule has 152 valence electrons. The van der Waals surface area contributed by atoms with E-state index >= 15 is 0 Å². The summed E-state index contributed by atoms with van der Waals surface area (Å²) < 4.78 is 8.01. The van der Waals surface area contributed by atoms with E-state index < -0.39 is 0 Å². The van der Waals surface area contributed by atoms with Gasteiger partial charge < -0.3 is 14.4 Å². The number of rotatable bonds is 5. The van der Waals surface area contributed by atoms with E-state index in [-0.39, 0.29) is 11.5 Å². The van der Waals surface area contributed by atoms with Crippen molar-refractivity contribution < 1.29 is 14.6 Å². The number of ether oxygens (including phenoxy) is 1. The van der Waals surface area contributed by atoms with Crippen LogP contribution >= 0.6 is 15.9 Å². The Balaban J connectivity index is 2.01. The van der Waals surface area contributed by atoms with Crippen molar-refractivity contribution >= 4 is 32.6 Å². The Morgan fingerprint density at radius 2 is 1.86 bits per heavy atom. The molecule has 1 N–H and O–H groups in total. The molecule has 1 fully saturated rings. The first-order valence-corrected chi connectivity index (χ1v) is 10.6. The van der Waals surface area contributed by atoms with E-state index in [0.29, 0.717) is 16.6 Å². The highest BCUT2D eigenvalue weighted by atomic mass is 79.9. The van der Waals surface area contributed by atoms with Crippen LogP contribution in [-0.4, -0.2) is 40.6 Å². The van der Waals surface area contributed by atoms with Crippen LogP contribution in [0.5, 0.6) is 11.5 Å². The molecule has 2 aromatic carbocycles. The van der Waals surface area contributed by atoms with Crippen LogP contribution in [0.1, 0.15) is 41.4 Å². The molecular formula is C23H25BrN2O3. The van der Waals surface area contributed by atoms with Crippen LogP contribution in [0.15, 0.2) is 34.8 Å². The predicted octanol–water partition coefficient (Wildman–Crippen LogP) is 5.21. The second kappa shape index (κ2) is 7.84. The lowest BCUT2D eigenvalue weighted by atomic mass is 10.0. The van der Waals surface area contributed by atoms with Gasteiger partial charge in [-0.2, -0.15) is 0 Å². The number of aromatic nitrogens is 1. The zero-order valence-electron chi connectivity index (χ0n) is 17.0. The van der Waals surface area contributed by atoms with Gasteiger partial charge >= 0.3 is 0 Å². The standard InChI is InChI=1S/C23H25BrN2O3/c1-14-21(15(2)27)22-18(13-25-10-4-5-11-25)23(28)19(24)12-20(22)26(14)16-6-8-17(29-3)9-7-16/h6-9,12,28H,4-5,10-11,13H2,1-3H3. The Morgan fingerprint density at radius 1 is 1.21 bits per heavy atom. The number of nitrogens with zero attached hydrogens (tertiary/aromatic N) is 2. The number of phenols is 1. The molecule has 0 aliphatic carbocycles. The third kappa shape index (κ3) is 3.45. The minimum atomic E-state index is 0.00385. The number of methoxy groups -OCH3 is 1. The largest absolute Gasteiger partial charge is 0.506 e. The number of halogens is 1. The molecule has 3 aromatic rings. The van der Waals surface area contributed by atoms with E-state index in [0.717, 1.165) is 46.7 Å². The minimum absolute atomic E-state index is 0.00385. The quantitative estimate of drug-likeness (QED) is 0.535. The van der Waals surface area contributed by atoms with Gasteiger partial charge in [-0.25, -0.2) is 0 Å². The van der Waals surface area contributed by atoms with Gasteiger partial charge in [-0.05, 0) is 86.0 Å². The monoisotopic (exact) mass is 456 g/mol. The summed E-state index contributed by atoms with van der Waals surface area (Å²) in [4.78, 5) is 15.0. The van der Waals surface area contributed by atoms with Gasteiger partial charge in [0, 0.05) is 34.4 Å². The topological polar surface area (TPSA) is 54.7 Å². The smallest absolute Gasteiger partial charge is 0.162 e. The van der Waals surface area contributed by atoms with Crippen LogP contribution in [0, 0.1) is 6.92 Å². The van der Waals surface area contributed by atoms with Gasteiger partial charge in [0.15, 0.2) is 5.78 Å². The van der Waals surface area contributed by atoms with Crippen molar-refractivity contribution in [3.63, 3.8) is 0 Å². The second-order valence-corrected chi connectivity index (χ2v) is 8.47. The number of carbonyl (C=O) groups excluding carboxylic acids is 1. The molecule has 0 bridgehead atoms. The SMILES string of the molecule is COc1ccc(-n2c(C)c(C(C)=O)c3c(CN4CCCC4)c(O)c(Br)cc32)cc1. The maximum Gasteiger partial charge on any atom is 0.162 e. The van der Waals surface area contributed by atoms with Crippen molar-refractivity contribution in [3.8, 4) is 17.2 Å². The zero-order valence-corrected chi connectivity index (χ0v) is 18.5. The summed E-state index contributed by atoms with van der Waals surface area (Å²) >= 11 is 3.53. The van der Waals surface area contributed by atoms with Gasteiger partial charge in [0.25, 0.3) is 0 Å². The minimum Gasteiger partial charge on any atom is -0.506 e. The lowest BCUT2D eigenvalue weighted by molar-refractivity contribution is 0.101. The number of Topliss-reactive ketones (excluding diaryl/α,β-unsaturated/α-hetero) is 1. The third-order valence-electron chi connectivity index (χ3n) is 5.78. The third-order valence-corrected chi connectivity index (χ3v) is 6.39. The summed E-state index contributed by atoms with van der Waals surface area (Å²) in [5, 5.41) is 11.7. The normalized spacial score (nSPS) is 14.6. The first-order valence-electron chi connectivity index (χ1n) is 9.85. The number of hydrogen-bond donors (Lipinski definition) is 1. The molecule has 0 spiro atoms. The van der Waals surface area contributed by atoms with Crippen LogP contribution in [0.3, 0.4) is 0 Å². The van der Waals surface area contributed by atoms with Crippen LogP contribution in [0.2, 0.25) is 0 Å². The Morgan fingerprint density at radius 3 is 2.45 bits per heavy atom. The molecule has 1 aliphatic rings. The van der Waals surface area contributed by atoms with Gasteiger partial charge in [0.2, 0.25) is 0 Å². The van der Waals surface area contributed by atoms with Crippen LogP contribution < -0.4 is 4.74 Å². The fourth-order valence-corrected chi connectivity index (χ4v) is 4.88. The van der Waals surface area contributed by atoms with E-state index in [2.05, 4.69) is 25.4 Å². The Labute approximate surface area is 179 Å². The average molecular weight is 457 g/mol. The molecule has 1 aromatic heterocycles. The number of benzene rings is 2. The molecule has 5 nitrogen and oxygen atoms in total. The lowest BCUT2D eigenvalue weighted by Crippen LogP contribution is -2.19. The van der Waals surface area contributed by atoms with Gasteiger partial charge in [-0.1, -0.05) is 0 Å². The first kappa shape index (κ1) is 20.0. The second-order valence-electron chi connectivity index (χ2n) is 7.61. The fraction of sp³-hybridized carbons (Fsp3) is 0.348. The van der Waals surface area contributed by atoms with Crippen LogP contribution in [0.4, 0.5) is 0 Å². The number of likely N-dealkylation sites (tertiary alicyclic amines) is 1. The molecule has 1 saturated heterocycles. The summed E-state index contributed by atoms with van der Waals surface area (Å²) in [6.45, 7) is 6.22. The first-order chi connectivity index (χ1) is 13.9. The highest BCUT2D eigenvalue weighted by Gasteiger charge is 2.26. The van der Waals surface area contributed by atoms with Crippen molar-refractivity contribution in [3.05, 3.63) is 51.6 Å². The summed E-state index contributed by atoms with van der Waals surface area (Å²) in [5.41, 5.74) is 4.23. The van der Waals surface area contributed by atoms with Gasteiger partial charge in [-0.3, -0.25) is 9.69 Å². The number of phenolic OH excluding ortho intramolecular Hbond substituents is 1.